The fourth-order valence-electron chi connectivity index (χ4n) is 4.25. The first kappa shape index (κ1) is 18.5. The van der Waals surface area contributed by atoms with Gasteiger partial charge >= 0.3 is 0 Å². The van der Waals surface area contributed by atoms with E-state index in [0.29, 0.717) is 18.1 Å². The lowest BCUT2D eigenvalue weighted by Gasteiger charge is -2.27. The van der Waals surface area contributed by atoms with Crippen molar-refractivity contribution in [3.05, 3.63) is 0 Å². The van der Waals surface area contributed by atoms with Crippen molar-refractivity contribution in [2.24, 2.45) is 10.9 Å². The van der Waals surface area contributed by atoms with Gasteiger partial charge in [-0.05, 0) is 38.5 Å². The van der Waals surface area contributed by atoms with Crippen molar-refractivity contribution < 1.29 is 9.53 Å². The number of hydrogen-bond acceptors (Lipinski definition) is 3. The molecule has 2 N–H and O–H groups in total. The lowest BCUT2D eigenvalue weighted by molar-refractivity contribution is -0.135. The van der Waals surface area contributed by atoms with E-state index in [1.54, 1.807) is 7.05 Å². The lowest BCUT2D eigenvalue weighted by Crippen LogP contribution is -2.47. The van der Waals surface area contributed by atoms with E-state index in [2.05, 4.69) is 20.5 Å². The van der Waals surface area contributed by atoms with Crippen LogP contribution in [0.2, 0.25) is 0 Å². The molecule has 2 unspecified atom stereocenters. The second-order valence-corrected chi connectivity index (χ2v) is 7.69. The molecule has 6 heteroatoms. The lowest BCUT2D eigenvalue weighted by atomic mass is 9.88. The van der Waals surface area contributed by atoms with Gasteiger partial charge in [0, 0.05) is 45.2 Å². The van der Waals surface area contributed by atoms with E-state index < -0.39 is 0 Å². The summed E-state index contributed by atoms with van der Waals surface area (Å²) >= 11 is 0. The Hall–Kier alpha value is -1.30. The van der Waals surface area contributed by atoms with Gasteiger partial charge in [-0.2, -0.15) is 0 Å². The molecule has 2 aliphatic heterocycles. The number of nitrogens with zero attached hydrogens (tertiary/aromatic N) is 2. The molecule has 3 fully saturated rings. The van der Waals surface area contributed by atoms with Gasteiger partial charge in [0.2, 0.25) is 5.91 Å². The number of carbonyl (C=O) groups is 1. The fourth-order valence-corrected chi connectivity index (χ4v) is 4.25. The van der Waals surface area contributed by atoms with Crippen LogP contribution in [0.25, 0.3) is 0 Å². The third kappa shape index (κ3) is 5.33. The Morgan fingerprint density at radius 2 is 1.92 bits per heavy atom. The van der Waals surface area contributed by atoms with Crippen LogP contribution >= 0.6 is 0 Å². The summed E-state index contributed by atoms with van der Waals surface area (Å²) in [5, 5.41) is 6.87. The molecule has 2 heterocycles. The maximum Gasteiger partial charge on any atom is 0.225 e. The fraction of sp³-hybridized carbons (Fsp3) is 0.895. The number of aliphatic imine (C=N–C) groups is 1. The number of amides is 1. The van der Waals surface area contributed by atoms with Crippen molar-refractivity contribution >= 4 is 11.9 Å². The Kier molecular flexibility index (Phi) is 6.96. The average Bonchev–Trinajstić information content (AvgIpc) is 3.14. The molecule has 0 aromatic heterocycles. The zero-order valence-corrected chi connectivity index (χ0v) is 15.6. The average molecular weight is 351 g/mol. The van der Waals surface area contributed by atoms with Gasteiger partial charge in [0.1, 0.15) is 0 Å². The Labute approximate surface area is 151 Å². The van der Waals surface area contributed by atoms with Crippen LogP contribution in [0, 0.1) is 5.92 Å². The molecule has 6 nitrogen and oxygen atoms in total. The maximum atomic E-state index is 12.7. The van der Waals surface area contributed by atoms with Gasteiger partial charge in [0.25, 0.3) is 0 Å². The first-order chi connectivity index (χ1) is 12.3. The molecule has 1 aliphatic carbocycles. The number of ether oxygens (including phenoxy) is 1. The molecule has 142 valence electrons. The van der Waals surface area contributed by atoms with Crippen molar-refractivity contribution in [1.29, 1.82) is 0 Å². The number of carbonyl (C=O) groups excluding carboxylic acids is 1. The first-order valence-electron chi connectivity index (χ1n) is 10.1. The van der Waals surface area contributed by atoms with Gasteiger partial charge in [-0.25, -0.2) is 0 Å². The smallest absolute Gasteiger partial charge is 0.225 e. The first-order valence-corrected chi connectivity index (χ1v) is 10.1. The van der Waals surface area contributed by atoms with Gasteiger partial charge in [-0.1, -0.05) is 19.3 Å². The van der Waals surface area contributed by atoms with Crippen LogP contribution in [0.5, 0.6) is 0 Å². The molecule has 2 atom stereocenters. The second-order valence-electron chi connectivity index (χ2n) is 7.69. The number of likely N-dealkylation sites (tertiary alicyclic amines) is 1. The summed E-state index contributed by atoms with van der Waals surface area (Å²) in [5.74, 6) is 1.47. The zero-order valence-electron chi connectivity index (χ0n) is 15.6. The Bertz CT molecular complexity index is 456. The minimum absolute atomic E-state index is 0.272. The highest BCUT2D eigenvalue weighted by Crippen LogP contribution is 2.26. The Balaban J connectivity index is 1.40. The highest BCUT2D eigenvalue weighted by atomic mass is 16.5. The minimum atomic E-state index is 0.272. The van der Waals surface area contributed by atoms with Crippen LogP contribution < -0.4 is 10.6 Å². The molecular formula is C19H34N4O2. The molecule has 0 aromatic rings. The Morgan fingerprint density at radius 1 is 1.12 bits per heavy atom. The van der Waals surface area contributed by atoms with Crippen LogP contribution in [-0.4, -0.2) is 62.2 Å². The van der Waals surface area contributed by atoms with Crippen molar-refractivity contribution in [2.75, 3.05) is 33.3 Å². The van der Waals surface area contributed by atoms with E-state index in [4.69, 9.17) is 4.74 Å². The Morgan fingerprint density at radius 3 is 2.64 bits per heavy atom. The van der Waals surface area contributed by atoms with Crippen LogP contribution in [0.3, 0.4) is 0 Å². The van der Waals surface area contributed by atoms with E-state index >= 15 is 0 Å². The maximum absolute atomic E-state index is 12.7. The number of guanidine groups is 1. The molecule has 1 amide bonds. The molecular weight excluding hydrogens is 316 g/mol. The number of hydrogen-bond donors (Lipinski definition) is 2. The van der Waals surface area contributed by atoms with Gasteiger partial charge in [-0.3, -0.25) is 9.79 Å². The molecule has 0 radical (unpaired) electrons. The highest BCUT2D eigenvalue weighted by molar-refractivity contribution is 5.81. The third-order valence-corrected chi connectivity index (χ3v) is 5.79. The van der Waals surface area contributed by atoms with Crippen molar-refractivity contribution in [2.45, 2.75) is 69.9 Å². The van der Waals surface area contributed by atoms with Crippen LogP contribution in [0.4, 0.5) is 0 Å². The van der Waals surface area contributed by atoms with Crippen molar-refractivity contribution in [3.8, 4) is 0 Å². The topological polar surface area (TPSA) is 66.0 Å². The monoisotopic (exact) mass is 350 g/mol. The highest BCUT2D eigenvalue weighted by Gasteiger charge is 2.31. The summed E-state index contributed by atoms with van der Waals surface area (Å²) in [6.45, 7) is 3.35. The predicted molar refractivity (Wildman–Crippen MR) is 99.6 cm³/mol. The van der Waals surface area contributed by atoms with Gasteiger partial charge in [-0.15, -0.1) is 0 Å². The quantitative estimate of drug-likeness (QED) is 0.600. The molecule has 0 aromatic carbocycles. The molecule has 0 bridgehead atoms. The molecule has 1 saturated carbocycles. The van der Waals surface area contributed by atoms with Crippen molar-refractivity contribution in [3.63, 3.8) is 0 Å². The van der Waals surface area contributed by atoms with Gasteiger partial charge in [0.15, 0.2) is 5.96 Å². The number of rotatable bonds is 4. The molecule has 25 heavy (non-hydrogen) atoms. The van der Waals surface area contributed by atoms with Crippen LogP contribution in [0.1, 0.15) is 57.8 Å². The summed E-state index contributed by atoms with van der Waals surface area (Å²) in [7, 11) is 1.80. The third-order valence-electron chi connectivity index (χ3n) is 5.79. The van der Waals surface area contributed by atoms with E-state index in [1.165, 1.54) is 32.1 Å². The van der Waals surface area contributed by atoms with Crippen LogP contribution in [-0.2, 0) is 9.53 Å². The van der Waals surface area contributed by atoms with E-state index in [1.807, 2.05) is 0 Å². The summed E-state index contributed by atoms with van der Waals surface area (Å²) < 4.78 is 5.76. The standard InChI is InChI=1S/C19H34N4O2/c1-20-19(21-13-17-9-5-6-12-25-17)22-16-10-11-23(14-16)18(24)15-7-3-2-4-8-15/h15-17H,2-14H2,1H3,(H2,20,21,22). The van der Waals surface area contributed by atoms with Crippen LogP contribution in [0.15, 0.2) is 4.99 Å². The molecule has 3 rings (SSSR count). The second kappa shape index (κ2) is 9.41. The molecule has 2 saturated heterocycles. The van der Waals surface area contributed by atoms with Gasteiger partial charge in [0.05, 0.1) is 6.10 Å². The van der Waals surface area contributed by atoms with Gasteiger partial charge < -0.3 is 20.3 Å². The van der Waals surface area contributed by atoms with E-state index in [-0.39, 0.29) is 5.92 Å². The summed E-state index contributed by atoms with van der Waals surface area (Å²) in [6, 6.07) is 0.297. The van der Waals surface area contributed by atoms with E-state index in [0.717, 1.165) is 57.9 Å². The van der Waals surface area contributed by atoms with E-state index in [9.17, 15) is 4.79 Å². The van der Waals surface area contributed by atoms with Crippen molar-refractivity contribution in [1.82, 2.24) is 15.5 Å². The zero-order chi connectivity index (χ0) is 17.5. The summed E-state index contributed by atoms with van der Waals surface area (Å²) in [4.78, 5) is 19.1. The number of nitrogens with one attached hydrogen (secondary N) is 2. The summed E-state index contributed by atoms with van der Waals surface area (Å²) in [5.41, 5.74) is 0. The molecule has 0 spiro atoms. The largest absolute Gasteiger partial charge is 0.376 e. The summed E-state index contributed by atoms with van der Waals surface area (Å²) in [6.07, 6.45) is 10.7. The molecule has 3 aliphatic rings. The predicted octanol–water partition coefficient (Wildman–Crippen LogP) is 1.90. The normalized spacial score (nSPS) is 28.8. The SMILES string of the molecule is CN=C(NCC1CCCCO1)NC1CCN(C(=O)C2CCCCC2)C1. The minimum Gasteiger partial charge on any atom is -0.376 e.